The number of methoxy groups -OCH3 is 1. The van der Waals surface area contributed by atoms with Crippen LogP contribution in [0.5, 0.6) is 0 Å². The lowest BCUT2D eigenvalue weighted by atomic mass is 10.1. The zero-order chi connectivity index (χ0) is 17.5. The standard InChI is InChI=1S/C19H23FN2O2/c1-22(2)18(15-7-5-9-17(20)11-15)12-21-19(23)16-8-4-6-14(10-16)13-24-3/h4-11,18H,12-13H2,1-3H3,(H,21,23). The van der Waals surface area contributed by atoms with Gasteiger partial charge in [-0.05, 0) is 49.5 Å². The number of hydrogen-bond acceptors (Lipinski definition) is 3. The molecule has 0 aliphatic carbocycles. The molecule has 1 amide bonds. The van der Waals surface area contributed by atoms with Gasteiger partial charge in [0.25, 0.3) is 5.91 Å². The zero-order valence-electron chi connectivity index (χ0n) is 14.3. The molecule has 0 aliphatic heterocycles. The van der Waals surface area contributed by atoms with Gasteiger partial charge in [-0.3, -0.25) is 4.79 Å². The van der Waals surface area contributed by atoms with Crippen LogP contribution in [0.1, 0.15) is 27.5 Å². The van der Waals surface area contributed by atoms with Crippen molar-refractivity contribution >= 4 is 5.91 Å². The molecule has 0 radical (unpaired) electrons. The number of nitrogens with zero attached hydrogens (tertiary/aromatic N) is 1. The smallest absolute Gasteiger partial charge is 0.251 e. The molecule has 0 heterocycles. The van der Waals surface area contributed by atoms with E-state index in [0.29, 0.717) is 18.7 Å². The summed E-state index contributed by atoms with van der Waals surface area (Å²) in [6.45, 7) is 0.856. The molecule has 2 aromatic carbocycles. The third kappa shape index (κ3) is 4.88. The third-order valence-electron chi connectivity index (χ3n) is 3.81. The van der Waals surface area contributed by atoms with Crippen LogP contribution in [-0.4, -0.2) is 38.6 Å². The SMILES string of the molecule is COCc1cccc(C(=O)NCC(c2cccc(F)c2)N(C)C)c1. The second-order valence-electron chi connectivity index (χ2n) is 5.88. The van der Waals surface area contributed by atoms with E-state index in [1.165, 1.54) is 12.1 Å². The Balaban J connectivity index is 2.06. The summed E-state index contributed by atoms with van der Waals surface area (Å²) in [6, 6.07) is 13.7. The quantitative estimate of drug-likeness (QED) is 0.848. The van der Waals surface area contributed by atoms with Crippen molar-refractivity contribution in [2.24, 2.45) is 0 Å². The highest BCUT2D eigenvalue weighted by atomic mass is 19.1. The van der Waals surface area contributed by atoms with Crippen LogP contribution in [0.3, 0.4) is 0 Å². The first-order chi connectivity index (χ1) is 11.5. The molecule has 0 fully saturated rings. The van der Waals surface area contributed by atoms with Crippen molar-refractivity contribution in [1.82, 2.24) is 10.2 Å². The summed E-state index contributed by atoms with van der Waals surface area (Å²) in [5, 5.41) is 2.92. The molecule has 128 valence electrons. The molecule has 1 N–H and O–H groups in total. The predicted octanol–water partition coefficient (Wildman–Crippen LogP) is 3.00. The van der Waals surface area contributed by atoms with E-state index in [4.69, 9.17) is 4.74 Å². The second-order valence-corrected chi connectivity index (χ2v) is 5.88. The summed E-state index contributed by atoms with van der Waals surface area (Å²) in [6.07, 6.45) is 0. The minimum absolute atomic E-state index is 0.105. The van der Waals surface area contributed by atoms with Gasteiger partial charge in [-0.2, -0.15) is 0 Å². The molecule has 24 heavy (non-hydrogen) atoms. The van der Waals surface area contributed by atoms with Crippen molar-refractivity contribution in [2.75, 3.05) is 27.7 Å². The first kappa shape index (κ1) is 18.1. The van der Waals surface area contributed by atoms with E-state index in [1.54, 1.807) is 19.2 Å². The molecule has 4 nitrogen and oxygen atoms in total. The Labute approximate surface area is 142 Å². The van der Waals surface area contributed by atoms with Crippen LogP contribution in [0.4, 0.5) is 4.39 Å². The highest BCUT2D eigenvalue weighted by molar-refractivity contribution is 5.94. The number of rotatable bonds is 7. The van der Waals surface area contributed by atoms with E-state index >= 15 is 0 Å². The number of carbonyl (C=O) groups excluding carboxylic acids is 1. The average Bonchev–Trinajstić information content (AvgIpc) is 2.55. The number of likely N-dealkylation sites (N-methyl/N-ethyl adjacent to an activating group) is 1. The Morgan fingerprint density at radius 3 is 2.62 bits per heavy atom. The van der Waals surface area contributed by atoms with E-state index in [1.807, 2.05) is 43.3 Å². The van der Waals surface area contributed by atoms with Crippen LogP contribution in [-0.2, 0) is 11.3 Å². The molecular formula is C19H23FN2O2. The third-order valence-corrected chi connectivity index (χ3v) is 3.81. The molecule has 1 atom stereocenters. The summed E-state index contributed by atoms with van der Waals surface area (Å²) in [4.78, 5) is 14.3. The van der Waals surface area contributed by atoms with Crippen molar-refractivity contribution in [3.8, 4) is 0 Å². The number of hydrogen-bond donors (Lipinski definition) is 1. The summed E-state index contributed by atoms with van der Waals surface area (Å²) in [5.74, 6) is -0.436. The maximum absolute atomic E-state index is 13.5. The van der Waals surface area contributed by atoms with Crippen LogP contribution < -0.4 is 5.32 Å². The summed E-state index contributed by atoms with van der Waals surface area (Å²) in [5.41, 5.74) is 2.36. The lowest BCUT2D eigenvalue weighted by Crippen LogP contribution is -2.34. The largest absolute Gasteiger partial charge is 0.380 e. The summed E-state index contributed by atoms with van der Waals surface area (Å²) in [7, 11) is 5.43. The van der Waals surface area contributed by atoms with Gasteiger partial charge in [0, 0.05) is 19.2 Å². The van der Waals surface area contributed by atoms with Crippen LogP contribution in [0, 0.1) is 5.82 Å². The first-order valence-corrected chi connectivity index (χ1v) is 7.79. The maximum atomic E-state index is 13.5. The van der Waals surface area contributed by atoms with Gasteiger partial charge in [0.1, 0.15) is 5.82 Å². The van der Waals surface area contributed by atoms with Gasteiger partial charge in [0.2, 0.25) is 0 Å². The van der Waals surface area contributed by atoms with Crippen molar-refractivity contribution in [3.63, 3.8) is 0 Å². The van der Waals surface area contributed by atoms with Crippen molar-refractivity contribution in [1.29, 1.82) is 0 Å². The molecule has 2 rings (SSSR count). The fourth-order valence-electron chi connectivity index (χ4n) is 2.57. The molecule has 0 spiro atoms. The molecule has 5 heteroatoms. The van der Waals surface area contributed by atoms with Gasteiger partial charge in [0.05, 0.1) is 12.6 Å². The van der Waals surface area contributed by atoms with Gasteiger partial charge in [-0.15, -0.1) is 0 Å². The fraction of sp³-hybridized carbons (Fsp3) is 0.316. The number of ether oxygens (including phenoxy) is 1. The van der Waals surface area contributed by atoms with E-state index in [-0.39, 0.29) is 17.8 Å². The van der Waals surface area contributed by atoms with E-state index in [2.05, 4.69) is 5.32 Å². The summed E-state index contributed by atoms with van der Waals surface area (Å²) >= 11 is 0. The Morgan fingerprint density at radius 2 is 1.96 bits per heavy atom. The molecule has 0 saturated carbocycles. The number of benzene rings is 2. The van der Waals surface area contributed by atoms with Gasteiger partial charge in [-0.1, -0.05) is 24.3 Å². The molecule has 0 bridgehead atoms. The van der Waals surface area contributed by atoms with Crippen molar-refractivity contribution in [2.45, 2.75) is 12.6 Å². The Morgan fingerprint density at radius 1 is 1.21 bits per heavy atom. The van der Waals surface area contributed by atoms with Crippen LogP contribution >= 0.6 is 0 Å². The minimum atomic E-state index is -0.280. The number of amides is 1. The van der Waals surface area contributed by atoms with Gasteiger partial charge >= 0.3 is 0 Å². The number of carbonyl (C=O) groups is 1. The topological polar surface area (TPSA) is 41.6 Å². The molecule has 2 aromatic rings. The van der Waals surface area contributed by atoms with E-state index in [9.17, 15) is 9.18 Å². The monoisotopic (exact) mass is 330 g/mol. The Kier molecular flexibility index (Phi) is 6.46. The second kappa shape index (κ2) is 8.57. The lowest BCUT2D eigenvalue weighted by Gasteiger charge is -2.25. The predicted molar refractivity (Wildman–Crippen MR) is 92.3 cm³/mol. The fourth-order valence-corrected chi connectivity index (χ4v) is 2.57. The first-order valence-electron chi connectivity index (χ1n) is 7.79. The van der Waals surface area contributed by atoms with Crippen LogP contribution in [0.2, 0.25) is 0 Å². The van der Waals surface area contributed by atoms with Gasteiger partial charge < -0.3 is 15.0 Å². The molecule has 0 aliphatic rings. The average molecular weight is 330 g/mol. The van der Waals surface area contributed by atoms with Gasteiger partial charge in [-0.25, -0.2) is 4.39 Å². The van der Waals surface area contributed by atoms with Crippen molar-refractivity contribution in [3.05, 3.63) is 71.0 Å². The molecule has 1 unspecified atom stereocenters. The Hall–Kier alpha value is -2.24. The lowest BCUT2D eigenvalue weighted by molar-refractivity contribution is 0.0941. The minimum Gasteiger partial charge on any atom is -0.380 e. The van der Waals surface area contributed by atoms with Gasteiger partial charge in [0.15, 0.2) is 0 Å². The maximum Gasteiger partial charge on any atom is 0.251 e. The highest BCUT2D eigenvalue weighted by Gasteiger charge is 2.16. The van der Waals surface area contributed by atoms with Crippen LogP contribution in [0.15, 0.2) is 48.5 Å². The van der Waals surface area contributed by atoms with Crippen LogP contribution in [0.25, 0.3) is 0 Å². The number of halogens is 1. The molecular weight excluding hydrogens is 307 g/mol. The van der Waals surface area contributed by atoms with E-state index < -0.39 is 0 Å². The summed E-state index contributed by atoms with van der Waals surface area (Å²) < 4.78 is 18.5. The molecule has 0 aromatic heterocycles. The highest BCUT2D eigenvalue weighted by Crippen LogP contribution is 2.18. The number of nitrogens with one attached hydrogen (secondary N) is 1. The molecule has 0 saturated heterocycles. The zero-order valence-corrected chi connectivity index (χ0v) is 14.3. The van der Waals surface area contributed by atoms with Crippen molar-refractivity contribution < 1.29 is 13.9 Å². The normalized spacial score (nSPS) is 12.2. The van der Waals surface area contributed by atoms with E-state index in [0.717, 1.165) is 11.1 Å². The Bertz CT molecular complexity index is 689.